The Morgan fingerprint density at radius 3 is 1.93 bits per heavy atom. The molecule has 0 aliphatic carbocycles. The molecule has 0 aromatic heterocycles. The topological polar surface area (TPSA) is 101 Å². The normalized spacial score (nSPS) is 14.2. The van der Waals surface area contributed by atoms with E-state index in [0.29, 0.717) is 0 Å². The number of rotatable bonds is 1. The Bertz CT molecular complexity index is 288. The van der Waals surface area contributed by atoms with Gasteiger partial charge in [0.25, 0.3) is 5.91 Å². The molecule has 6 heteroatoms. The highest BCUT2D eigenvalue weighted by molar-refractivity contribution is 6.46. The molecule has 14 heavy (non-hydrogen) atoms. The Morgan fingerprint density at radius 2 is 1.86 bits per heavy atom. The largest absolute Gasteiger partial charge is 0.478 e. The zero-order chi connectivity index (χ0) is 11.3. The molecule has 1 aliphatic heterocycles. The number of carboxylic acids is 1. The molecule has 0 spiro atoms. The predicted octanol–water partition coefficient (Wildman–Crippen LogP) is -0.751. The van der Waals surface area contributed by atoms with Gasteiger partial charge in [0.2, 0.25) is 11.7 Å². The lowest BCUT2D eigenvalue weighted by molar-refractivity contribution is -0.135. The van der Waals surface area contributed by atoms with Crippen molar-refractivity contribution in [2.75, 3.05) is 0 Å². The van der Waals surface area contributed by atoms with Gasteiger partial charge in [0.15, 0.2) is 0 Å². The van der Waals surface area contributed by atoms with Gasteiger partial charge in [0.05, 0.1) is 6.42 Å². The van der Waals surface area contributed by atoms with Crippen LogP contribution in [0, 0.1) is 0 Å². The quantitative estimate of drug-likeness (QED) is 0.250. The molecule has 6 nitrogen and oxygen atoms in total. The highest BCUT2D eigenvalue weighted by atomic mass is 16.4. The number of imide groups is 1. The number of carbonyl (C=O) groups is 4. The minimum atomic E-state index is -0.935. The maximum atomic E-state index is 10.2. The van der Waals surface area contributed by atoms with Gasteiger partial charge >= 0.3 is 5.97 Å². The number of carboxylic acid groups (broad SMARTS) is 1. The molecule has 2 N–H and O–H groups in total. The van der Waals surface area contributed by atoms with Gasteiger partial charge in [-0.3, -0.25) is 19.7 Å². The number of hydrogen-bond acceptors (Lipinski definition) is 4. The molecule has 0 aromatic carbocycles. The molecule has 2 amide bonds. The van der Waals surface area contributed by atoms with Crippen LogP contribution in [0.5, 0.6) is 0 Å². The summed E-state index contributed by atoms with van der Waals surface area (Å²) < 4.78 is 0. The van der Waals surface area contributed by atoms with E-state index in [1.54, 1.807) is 0 Å². The number of aliphatic carboxylic acids is 1. The second-order valence-corrected chi connectivity index (χ2v) is 2.56. The Labute approximate surface area is 79.6 Å². The molecule has 76 valence electrons. The smallest absolute Gasteiger partial charge is 0.330 e. The fraction of sp³-hybridized carbons (Fsp3) is 0.250. The third kappa shape index (κ3) is 4.15. The molecule has 0 aromatic rings. The van der Waals surface area contributed by atoms with Gasteiger partial charge in [-0.05, 0) is 6.92 Å². The highest BCUT2D eigenvalue weighted by Crippen LogP contribution is 1.91. The van der Waals surface area contributed by atoms with Gasteiger partial charge in [-0.2, -0.15) is 0 Å². The molecule has 1 saturated heterocycles. The fourth-order valence-electron chi connectivity index (χ4n) is 0.467. The summed E-state index contributed by atoms with van der Waals surface area (Å²) in [5.41, 5.74) is 0.176. The highest BCUT2D eigenvalue weighted by Gasteiger charge is 2.26. The number of carbonyl (C=O) groups excluding carboxylic acids is 3. The van der Waals surface area contributed by atoms with Crippen LogP contribution in [-0.4, -0.2) is 28.7 Å². The van der Waals surface area contributed by atoms with E-state index < -0.39 is 23.6 Å². The summed E-state index contributed by atoms with van der Waals surface area (Å²) in [6.45, 7) is 4.60. The number of nitrogens with one attached hydrogen (secondary N) is 1. The monoisotopic (exact) mass is 199 g/mol. The van der Waals surface area contributed by atoms with Gasteiger partial charge in [0, 0.05) is 5.57 Å². The lowest BCUT2D eigenvalue weighted by Crippen LogP contribution is -2.21. The molecule has 1 aliphatic rings. The van der Waals surface area contributed by atoms with Crippen LogP contribution in [0.4, 0.5) is 0 Å². The minimum Gasteiger partial charge on any atom is -0.478 e. The lowest BCUT2D eigenvalue weighted by atomic mass is 10.3. The summed E-state index contributed by atoms with van der Waals surface area (Å²) in [4.78, 5) is 40.0. The summed E-state index contributed by atoms with van der Waals surface area (Å²) in [5.74, 6) is -2.86. The first-order chi connectivity index (χ1) is 6.34. The molecular formula is C8H9NO5. The molecular weight excluding hydrogens is 190 g/mol. The maximum Gasteiger partial charge on any atom is 0.330 e. The molecule has 0 atom stereocenters. The van der Waals surface area contributed by atoms with E-state index in [4.69, 9.17) is 5.11 Å². The fourth-order valence-corrected chi connectivity index (χ4v) is 0.467. The van der Waals surface area contributed by atoms with E-state index in [-0.39, 0.29) is 12.0 Å². The van der Waals surface area contributed by atoms with Crippen molar-refractivity contribution in [3.05, 3.63) is 12.2 Å². The van der Waals surface area contributed by atoms with E-state index in [1.165, 1.54) is 6.92 Å². The summed E-state index contributed by atoms with van der Waals surface area (Å²) in [5, 5.41) is 9.73. The summed E-state index contributed by atoms with van der Waals surface area (Å²) >= 11 is 0. The van der Waals surface area contributed by atoms with Crippen LogP contribution in [0.2, 0.25) is 0 Å². The number of amides is 2. The molecule has 0 saturated carbocycles. The van der Waals surface area contributed by atoms with Crippen molar-refractivity contribution in [3.63, 3.8) is 0 Å². The summed E-state index contributed by atoms with van der Waals surface area (Å²) in [6, 6.07) is 0. The van der Waals surface area contributed by atoms with Crippen molar-refractivity contribution in [2.45, 2.75) is 13.3 Å². The van der Waals surface area contributed by atoms with Gasteiger partial charge in [-0.25, -0.2) is 4.79 Å². The molecule has 1 fully saturated rings. The van der Waals surface area contributed by atoms with Crippen molar-refractivity contribution in [2.24, 2.45) is 0 Å². The Balaban J connectivity index is 0.000000255. The van der Waals surface area contributed by atoms with Crippen molar-refractivity contribution in [1.29, 1.82) is 0 Å². The second kappa shape index (κ2) is 4.90. The van der Waals surface area contributed by atoms with Crippen molar-refractivity contribution in [3.8, 4) is 0 Å². The Kier molecular flexibility index (Phi) is 4.21. The van der Waals surface area contributed by atoms with Gasteiger partial charge in [0.1, 0.15) is 0 Å². The van der Waals surface area contributed by atoms with Gasteiger partial charge in [-0.15, -0.1) is 0 Å². The third-order valence-electron chi connectivity index (χ3n) is 1.19. The second-order valence-electron chi connectivity index (χ2n) is 2.56. The van der Waals surface area contributed by atoms with Crippen LogP contribution >= 0.6 is 0 Å². The number of ketones is 1. The van der Waals surface area contributed by atoms with Crippen molar-refractivity contribution in [1.82, 2.24) is 5.32 Å². The van der Waals surface area contributed by atoms with Gasteiger partial charge in [-0.1, -0.05) is 6.58 Å². The van der Waals surface area contributed by atoms with Crippen LogP contribution in [0.1, 0.15) is 13.3 Å². The standard InChI is InChI=1S/C4H3NO3.C4H6O2/c6-2-1-3(7)5-4(2)8;1-3(2)4(5)6/h1H2,(H,5,7,8);1H2,2H3,(H,5,6). The van der Waals surface area contributed by atoms with E-state index >= 15 is 0 Å². The SMILES string of the molecule is C=C(C)C(=O)O.O=C1CC(=O)C(=O)N1. The van der Waals surface area contributed by atoms with Crippen LogP contribution in [0.25, 0.3) is 0 Å². The van der Waals surface area contributed by atoms with Crippen molar-refractivity contribution < 1.29 is 24.3 Å². The first-order valence-electron chi connectivity index (χ1n) is 3.60. The average Bonchev–Trinajstić information content (AvgIpc) is 2.30. The van der Waals surface area contributed by atoms with Crippen molar-refractivity contribution >= 4 is 23.6 Å². The number of Topliss-reactive ketones (excluding diaryl/α,β-unsaturated/α-hetero) is 1. The first-order valence-corrected chi connectivity index (χ1v) is 3.60. The van der Waals surface area contributed by atoms with Crippen LogP contribution in [0.3, 0.4) is 0 Å². The zero-order valence-electron chi connectivity index (χ0n) is 7.49. The third-order valence-corrected chi connectivity index (χ3v) is 1.19. The molecule has 0 bridgehead atoms. The van der Waals surface area contributed by atoms with E-state index in [0.717, 1.165) is 0 Å². The zero-order valence-corrected chi connectivity index (χ0v) is 7.49. The maximum absolute atomic E-state index is 10.2. The van der Waals surface area contributed by atoms with Crippen LogP contribution in [-0.2, 0) is 19.2 Å². The van der Waals surface area contributed by atoms with Crippen LogP contribution < -0.4 is 5.32 Å². The summed E-state index contributed by atoms with van der Waals surface area (Å²) in [7, 11) is 0. The molecule has 0 unspecified atom stereocenters. The lowest BCUT2D eigenvalue weighted by Gasteiger charge is -1.79. The molecule has 0 radical (unpaired) electrons. The molecule has 1 heterocycles. The van der Waals surface area contributed by atoms with Gasteiger partial charge < -0.3 is 5.11 Å². The summed E-state index contributed by atoms with van der Waals surface area (Å²) in [6.07, 6.45) is -0.279. The Morgan fingerprint density at radius 1 is 1.43 bits per heavy atom. The van der Waals surface area contributed by atoms with E-state index in [2.05, 4.69) is 6.58 Å². The predicted molar refractivity (Wildman–Crippen MR) is 45.2 cm³/mol. The average molecular weight is 199 g/mol. The Hall–Kier alpha value is -1.98. The number of hydrogen-bond donors (Lipinski definition) is 2. The first kappa shape index (κ1) is 12.0. The minimum absolute atomic E-state index is 0.176. The van der Waals surface area contributed by atoms with Crippen LogP contribution in [0.15, 0.2) is 12.2 Å². The molecule has 1 rings (SSSR count). The van der Waals surface area contributed by atoms with E-state index in [9.17, 15) is 19.2 Å². The van der Waals surface area contributed by atoms with E-state index in [1.807, 2.05) is 5.32 Å².